The first-order valence-electron chi connectivity index (χ1n) is 8.72. The molecule has 0 aliphatic rings. The number of hydrogen-bond donors (Lipinski definition) is 1. The lowest BCUT2D eigenvalue weighted by molar-refractivity contribution is 0.0924. The lowest BCUT2D eigenvalue weighted by atomic mass is 10.1. The Balaban J connectivity index is 1.36. The van der Waals surface area contributed by atoms with Crippen LogP contribution in [-0.2, 0) is 13.1 Å². The highest BCUT2D eigenvalue weighted by molar-refractivity contribution is 6.33. The first kappa shape index (κ1) is 18.0. The number of rotatable bonds is 6. The SMILES string of the molecule is O=C(NCc1ccc(Cn2cncn2)cc1)c1ccc(-c2ccccc2Cl)o1. The van der Waals surface area contributed by atoms with E-state index in [1.807, 2.05) is 42.5 Å². The molecule has 2 aromatic heterocycles. The van der Waals surface area contributed by atoms with E-state index < -0.39 is 0 Å². The van der Waals surface area contributed by atoms with Crippen LogP contribution in [0, 0.1) is 0 Å². The quantitative estimate of drug-likeness (QED) is 0.534. The number of furan rings is 1. The highest BCUT2D eigenvalue weighted by Crippen LogP contribution is 2.29. The van der Waals surface area contributed by atoms with Gasteiger partial charge in [-0.1, -0.05) is 48.0 Å². The molecule has 0 aliphatic heterocycles. The second kappa shape index (κ2) is 8.10. The topological polar surface area (TPSA) is 73.0 Å². The van der Waals surface area contributed by atoms with Gasteiger partial charge in [0.1, 0.15) is 18.4 Å². The molecule has 0 spiro atoms. The maximum atomic E-state index is 12.4. The summed E-state index contributed by atoms with van der Waals surface area (Å²) in [7, 11) is 0. The van der Waals surface area contributed by atoms with Crippen molar-refractivity contribution in [2.75, 3.05) is 0 Å². The predicted octanol–water partition coefficient (Wildman–Crippen LogP) is 4.17. The molecule has 0 aliphatic carbocycles. The third kappa shape index (κ3) is 4.13. The van der Waals surface area contributed by atoms with E-state index >= 15 is 0 Å². The number of nitrogens with zero attached hydrogens (tertiary/aromatic N) is 3. The Morgan fingerprint density at radius 1 is 1.04 bits per heavy atom. The number of halogens is 1. The standard InChI is InChI=1S/C21H17ClN4O2/c22-18-4-2-1-3-17(18)19-9-10-20(28-19)21(27)24-11-15-5-7-16(8-6-15)12-26-14-23-13-25-26/h1-10,13-14H,11-12H2,(H,24,27). The summed E-state index contributed by atoms with van der Waals surface area (Å²) in [6, 6.07) is 18.7. The number of nitrogens with one attached hydrogen (secondary N) is 1. The zero-order chi connectivity index (χ0) is 19.3. The van der Waals surface area contributed by atoms with Crippen molar-refractivity contribution in [2.45, 2.75) is 13.1 Å². The maximum Gasteiger partial charge on any atom is 0.287 e. The van der Waals surface area contributed by atoms with Gasteiger partial charge in [-0.25, -0.2) is 9.67 Å². The lowest BCUT2D eigenvalue weighted by Gasteiger charge is -2.06. The van der Waals surface area contributed by atoms with Crippen LogP contribution < -0.4 is 5.32 Å². The molecule has 0 saturated carbocycles. The minimum Gasteiger partial charge on any atom is -0.451 e. The predicted molar refractivity (Wildman–Crippen MR) is 106 cm³/mol. The smallest absolute Gasteiger partial charge is 0.287 e. The summed E-state index contributed by atoms with van der Waals surface area (Å²) in [5.41, 5.74) is 2.86. The Morgan fingerprint density at radius 3 is 2.57 bits per heavy atom. The molecule has 6 nitrogen and oxygen atoms in total. The zero-order valence-corrected chi connectivity index (χ0v) is 15.6. The summed E-state index contributed by atoms with van der Waals surface area (Å²) >= 11 is 6.18. The van der Waals surface area contributed by atoms with E-state index in [9.17, 15) is 4.79 Å². The summed E-state index contributed by atoms with van der Waals surface area (Å²) in [6.45, 7) is 1.06. The van der Waals surface area contributed by atoms with Crippen molar-refractivity contribution in [3.05, 3.63) is 95.2 Å². The van der Waals surface area contributed by atoms with Gasteiger partial charge in [0, 0.05) is 12.1 Å². The summed E-state index contributed by atoms with van der Waals surface area (Å²) in [5, 5.41) is 7.53. The molecule has 2 aromatic carbocycles. The van der Waals surface area contributed by atoms with Crippen LogP contribution in [0.2, 0.25) is 5.02 Å². The van der Waals surface area contributed by atoms with Crippen molar-refractivity contribution in [1.82, 2.24) is 20.1 Å². The monoisotopic (exact) mass is 392 g/mol. The van der Waals surface area contributed by atoms with Crippen LogP contribution in [0.4, 0.5) is 0 Å². The van der Waals surface area contributed by atoms with E-state index in [4.69, 9.17) is 16.0 Å². The van der Waals surface area contributed by atoms with Crippen LogP contribution in [0.1, 0.15) is 21.7 Å². The number of aromatic nitrogens is 3. The second-order valence-electron chi connectivity index (χ2n) is 6.24. The molecular formula is C21H17ClN4O2. The number of carbonyl (C=O) groups excluding carboxylic acids is 1. The van der Waals surface area contributed by atoms with E-state index in [1.54, 1.807) is 29.2 Å². The van der Waals surface area contributed by atoms with Crippen molar-refractivity contribution in [3.8, 4) is 11.3 Å². The highest BCUT2D eigenvalue weighted by atomic mass is 35.5. The number of hydrogen-bond acceptors (Lipinski definition) is 4. The number of benzene rings is 2. The third-order valence-electron chi connectivity index (χ3n) is 4.26. The first-order chi connectivity index (χ1) is 13.7. The fraction of sp³-hybridized carbons (Fsp3) is 0.0952. The second-order valence-corrected chi connectivity index (χ2v) is 6.64. The van der Waals surface area contributed by atoms with E-state index in [0.29, 0.717) is 23.9 Å². The molecule has 140 valence electrons. The molecule has 28 heavy (non-hydrogen) atoms. The molecule has 0 saturated heterocycles. The van der Waals surface area contributed by atoms with Gasteiger partial charge in [0.2, 0.25) is 0 Å². The molecule has 0 atom stereocenters. The Bertz CT molecular complexity index is 1070. The van der Waals surface area contributed by atoms with Crippen LogP contribution in [0.3, 0.4) is 0 Å². The molecule has 0 bridgehead atoms. The zero-order valence-electron chi connectivity index (χ0n) is 14.9. The minimum atomic E-state index is -0.273. The van der Waals surface area contributed by atoms with E-state index in [-0.39, 0.29) is 11.7 Å². The normalized spacial score (nSPS) is 10.8. The van der Waals surface area contributed by atoms with Crippen LogP contribution >= 0.6 is 11.6 Å². The number of carbonyl (C=O) groups is 1. The van der Waals surface area contributed by atoms with Gasteiger partial charge < -0.3 is 9.73 Å². The van der Waals surface area contributed by atoms with Crippen molar-refractivity contribution in [3.63, 3.8) is 0 Å². The van der Waals surface area contributed by atoms with Crippen molar-refractivity contribution in [2.24, 2.45) is 0 Å². The Hall–Kier alpha value is -3.38. The summed E-state index contributed by atoms with van der Waals surface area (Å²) in [6.07, 6.45) is 3.18. The molecule has 1 N–H and O–H groups in total. The molecule has 7 heteroatoms. The van der Waals surface area contributed by atoms with Gasteiger partial charge in [0.25, 0.3) is 5.91 Å². The van der Waals surface area contributed by atoms with Crippen LogP contribution in [0.25, 0.3) is 11.3 Å². The Labute approximate surface area is 166 Å². The van der Waals surface area contributed by atoms with Gasteiger partial charge in [0.15, 0.2) is 5.76 Å². The van der Waals surface area contributed by atoms with Gasteiger partial charge in [-0.15, -0.1) is 0 Å². The molecule has 0 radical (unpaired) electrons. The molecule has 0 unspecified atom stereocenters. The van der Waals surface area contributed by atoms with Gasteiger partial charge in [-0.2, -0.15) is 5.10 Å². The maximum absolute atomic E-state index is 12.4. The average Bonchev–Trinajstić information content (AvgIpc) is 3.40. The summed E-state index contributed by atoms with van der Waals surface area (Å²) in [5.74, 6) is 0.538. The first-order valence-corrected chi connectivity index (χ1v) is 9.10. The van der Waals surface area contributed by atoms with Crippen LogP contribution in [0.5, 0.6) is 0 Å². The largest absolute Gasteiger partial charge is 0.451 e. The fourth-order valence-corrected chi connectivity index (χ4v) is 3.03. The number of amides is 1. The third-order valence-corrected chi connectivity index (χ3v) is 4.59. The van der Waals surface area contributed by atoms with Crippen LogP contribution in [-0.4, -0.2) is 20.7 Å². The minimum absolute atomic E-state index is 0.248. The lowest BCUT2D eigenvalue weighted by Crippen LogP contribution is -2.22. The molecule has 0 fully saturated rings. The average molecular weight is 393 g/mol. The molecule has 1 amide bonds. The molecular weight excluding hydrogens is 376 g/mol. The fourth-order valence-electron chi connectivity index (χ4n) is 2.80. The van der Waals surface area contributed by atoms with Crippen molar-refractivity contribution < 1.29 is 9.21 Å². The van der Waals surface area contributed by atoms with Crippen molar-refractivity contribution >= 4 is 17.5 Å². The summed E-state index contributed by atoms with van der Waals surface area (Å²) < 4.78 is 7.42. The molecule has 2 heterocycles. The Kier molecular flexibility index (Phi) is 5.21. The molecule has 4 rings (SSSR count). The van der Waals surface area contributed by atoms with Gasteiger partial charge in [0.05, 0.1) is 11.6 Å². The van der Waals surface area contributed by atoms with Crippen molar-refractivity contribution in [1.29, 1.82) is 0 Å². The Morgan fingerprint density at radius 2 is 1.82 bits per heavy atom. The summed E-state index contributed by atoms with van der Waals surface area (Å²) in [4.78, 5) is 16.3. The van der Waals surface area contributed by atoms with E-state index in [2.05, 4.69) is 15.4 Å². The van der Waals surface area contributed by atoms with Gasteiger partial charge >= 0.3 is 0 Å². The van der Waals surface area contributed by atoms with E-state index in [0.717, 1.165) is 16.7 Å². The molecule has 4 aromatic rings. The van der Waals surface area contributed by atoms with Crippen LogP contribution in [0.15, 0.2) is 77.7 Å². The van der Waals surface area contributed by atoms with Gasteiger partial charge in [-0.3, -0.25) is 4.79 Å². The van der Waals surface area contributed by atoms with Gasteiger partial charge in [-0.05, 0) is 35.4 Å². The highest BCUT2D eigenvalue weighted by Gasteiger charge is 2.13. The van der Waals surface area contributed by atoms with E-state index in [1.165, 1.54) is 6.33 Å².